The number of hydrogen-bond acceptors (Lipinski definition) is 39. The fraction of sp³-hybridized carbons (Fsp3) is 0.408. The average Bonchev–Trinajstić information content (AvgIpc) is 1.63. The number of phosphoric acid groups is 4. The zero-order valence-electron chi connectivity index (χ0n) is 66.5. The molecule has 17 rings (SSSR count). The highest BCUT2D eigenvalue weighted by Gasteiger charge is 2.51. The van der Waals surface area contributed by atoms with Crippen molar-refractivity contribution in [3.8, 4) is 11.5 Å². The van der Waals surface area contributed by atoms with Gasteiger partial charge in [0.2, 0.25) is 23.8 Å². The molecule has 5 saturated heterocycles. The van der Waals surface area contributed by atoms with Crippen LogP contribution in [0.1, 0.15) is 85.5 Å². The normalized spacial score (nSPS) is 25.6. The number of nitrogens with zero attached hydrogens (tertiary/aromatic N) is 13. The highest BCUT2D eigenvalue weighted by molar-refractivity contribution is 7.48. The predicted molar refractivity (Wildman–Crippen MR) is 435 cm³/mol. The van der Waals surface area contributed by atoms with Gasteiger partial charge in [-0.3, -0.25) is 108 Å². The molecule has 4 unspecified atom stereocenters. The number of aliphatic hydroxyl groups is 1. The van der Waals surface area contributed by atoms with Gasteiger partial charge in [-0.15, -0.1) is 0 Å². The fourth-order valence-electron chi connectivity index (χ4n) is 15.1. The minimum Gasteiger partial charge on any atom is -0.485 e. The second-order valence-corrected chi connectivity index (χ2v) is 35.6. The summed E-state index contributed by atoms with van der Waals surface area (Å²) in [6.45, 7) is -2.59. The van der Waals surface area contributed by atoms with Crippen molar-refractivity contribution in [1.82, 2.24) is 87.6 Å². The fourth-order valence-corrected chi connectivity index (χ4v) is 18.9. The Morgan fingerprint density at radius 1 is 0.398 bits per heavy atom. The number of nitrogen functional groups attached to an aromatic ring is 4. The van der Waals surface area contributed by atoms with E-state index >= 15 is 0 Å². The number of nitrogens with one attached hydrogen (secondary N) is 5. The van der Waals surface area contributed by atoms with Crippen molar-refractivity contribution < 1.29 is 117 Å². The molecule has 128 heavy (non-hydrogen) atoms. The highest BCUT2D eigenvalue weighted by atomic mass is 31.2. The maximum Gasteiger partial charge on any atom is 0.472 e. The van der Waals surface area contributed by atoms with Crippen LogP contribution >= 0.6 is 31.3 Å². The zero-order valence-corrected chi connectivity index (χ0v) is 70.1. The van der Waals surface area contributed by atoms with Gasteiger partial charge in [0.25, 0.3) is 27.8 Å². The predicted octanol–water partition coefficient (Wildman–Crippen LogP) is 1.89. The number of imidazole rings is 4. The molecule has 18 N–H and O–H groups in total. The molecule has 0 amide bonds. The van der Waals surface area contributed by atoms with Crippen LogP contribution in [0.3, 0.4) is 0 Å². The lowest BCUT2D eigenvalue weighted by atomic mass is 10.2. The molecule has 0 radical (unpaired) electrons. The smallest absolute Gasteiger partial charge is 0.472 e. The zero-order chi connectivity index (χ0) is 89.8. The van der Waals surface area contributed by atoms with Gasteiger partial charge in [0.05, 0.1) is 71.1 Å². The first-order valence-electron chi connectivity index (χ1n) is 39.0. The monoisotopic (exact) mass is 1860 g/mol. The van der Waals surface area contributed by atoms with Gasteiger partial charge in [-0.1, -0.05) is 66.7 Å². The van der Waals surface area contributed by atoms with E-state index in [-0.39, 0.29) is 113 Å². The molecule has 5 aliphatic rings. The first-order chi connectivity index (χ1) is 61.2. The maximum absolute atomic E-state index is 14.7. The Morgan fingerprint density at radius 3 is 1.10 bits per heavy atom. The standard InChI is InChI=1S/C71H80N22O31P4/c1-33-20-89(71(100)88-62(33)95)50-16-40(45(117-50)24-109-21-36-12-13-38(110-22-34-8-4-2-5-9-34)39(14-36)111-23-35-10-6-3-7-11-35)121-126(103,104)113-26-47-42(18-52(119-47)92-31-78-56-60(92)82-69(74)86-65(56)98)123-128(107,108)115-28-48-43(19-53(120-48)93-32-79-57-61(93)83-70(75)87-66(57)99)124-127(105,106)114-27-46-41(17-51(118-46)91-30-77-55-59(91)81-68(73)85-64(55)97)122-125(101,102)112-25-44-37(94)15-49(116-44)90-29-76-54-58(90)80-67(72)84-63(54)96/h2-14,20,29-32,37,40-53,94H,15-19,21-28H2,1H3,(H,101,102)(H,103,104)(H,105,106)(H,107,108)(H,88,95,100)(H3,72,80,84,96)(H3,73,81,85,97)(H3,74,82,86,98)(H3,75,83,87,99)/t37-,40-,41-,42-,43-,44+,45+,46+,47+,48+,49+,50+,51+,52+,53+/m0/s1. The average molecular weight is 1860 g/mol. The number of fused-ring (bicyclic) bond motifs is 4. The lowest BCUT2D eigenvalue weighted by Crippen LogP contribution is -2.33. The summed E-state index contributed by atoms with van der Waals surface area (Å²) in [5, 5.41) is 11.1. The van der Waals surface area contributed by atoms with E-state index in [0.717, 1.165) is 34.7 Å². The van der Waals surface area contributed by atoms with Crippen molar-refractivity contribution in [2.45, 2.75) is 151 Å². The number of phosphoric ester groups is 4. The van der Waals surface area contributed by atoms with Crippen LogP contribution in [0.25, 0.3) is 44.7 Å². The molecule has 0 spiro atoms. The van der Waals surface area contributed by atoms with Crippen LogP contribution in [0.5, 0.6) is 11.5 Å². The van der Waals surface area contributed by atoms with E-state index in [1.54, 1.807) is 18.2 Å². The van der Waals surface area contributed by atoms with Crippen molar-refractivity contribution in [3.05, 3.63) is 195 Å². The van der Waals surface area contributed by atoms with Crippen molar-refractivity contribution in [1.29, 1.82) is 0 Å². The molecule has 5 fully saturated rings. The van der Waals surface area contributed by atoms with E-state index in [1.807, 2.05) is 60.7 Å². The third-order valence-electron chi connectivity index (χ3n) is 21.1. The third kappa shape index (κ3) is 19.8. The van der Waals surface area contributed by atoms with Crippen LogP contribution in [0.4, 0.5) is 23.8 Å². The largest absolute Gasteiger partial charge is 0.485 e. The Labute approximate surface area is 714 Å². The van der Waals surface area contributed by atoms with Crippen molar-refractivity contribution in [2.75, 3.05) is 56.0 Å². The molecule has 19 atom stereocenters. The summed E-state index contributed by atoms with van der Waals surface area (Å²) in [5.41, 5.74) is 20.1. The Kier molecular flexibility index (Phi) is 25.2. The van der Waals surface area contributed by atoms with Crippen LogP contribution in [0, 0.1) is 6.92 Å². The molecular formula is C71H80N22O31P4. The van der Waals surface area contributed by atoms with Crippen LogP contribution in [-0.4, -0.2) is 206 Å². The minimum absolute atomic E-state index is 0.00166. The number of benzene rings is 3. The van der Waals surface area contributed by atoms with Gasteiger partial charge in [0.15, 0.2) is 56.2 Å². The van der Waals surface area contributed by atoms with Gasteiger partial charge in [-0.2, -0.15) is 19.9 Å². The Bertz CT molecular complexity index is 6730. The molecule has 680 valence electrons. The first kappa shape index (κ1) is 88.7. The van der Waals surface area contributed by atoms with Gasteiger partial charge in [-0.25, -0.2) is 43.0 Å². The van der Waals surface area contributed by atoms with Gasteiger partial charge >= 0.3 is 37.0 Å². The number of rotatable bonds is 35. The number of hydrogen-bond donors (Lipinski definition) is 14. The second kappa shape index (κ2) is 36.3. The maximum atomic E-state index is 14.7. The second-order valence-electron chi connectivity index (χ2n) is 29.9. The number of aromatic amines is 5. The first-order valence-corrected chi connectivity index (χ1v) is 45.0. The number of aliphatic hydroxyl groups excluding tert-OH is 1. The molecular weight excluding hydrogens is 1780 g/mol. The molecule has 9 aromatic heterocycles. The SMILES string of the molecule is Cc1cn([C@H]2C[C@H](OP(=O)(O)OC[C@H]3O[C@@H](n4cnc5c(=O)[nH]c(N)nc54)C[C@@H]3OP(=O)(O)OC[C@H]3O[C@@H](n4cnc5c(=O)[nH]c(N)nc54)C[C@@H]3OP(=O)(O)OC[C@H]3O[C@@H](n4cnc5c(=O)[nH]c(N)nc54)C[C@@H]3OP(=O)(O)OC[C@H]3O[C@@H](n4cnc5c(=O)[nH]c(N)nc54)C[C@@H]3O)[C@@H](COCc3ccc(OCc4ccccc4)c(OCc4ccccc4)c3)O2)c(=O)[nH]c1=O. The Balaban J connectivity index is 0.591. The molecule has 14 heterocycles. The van der Waals surface area contributed by atoms with Gasteiger partial charge < -0.3 is 85.5 Å². The lowest BCUT2D eigenvalue weighted by Gasteiger charge is -2.26. The molecule has 0 saturated carbocycles. The molecule has 12 aromatic rings. The van der Waals surface area contributed by atoms with E-state index in [1.165, 1.54) is 37.7 Å². The molecule has 57 heteroatoms. The summed E-state index contributed by atoms with van der Waals surface area (Å²) in [6, 6.07) is 24.1. The Hall–Kier alpha value is -11.3. The van der Waals surface area contributed by atoms with Gasteiger partial charge in [-0.05, 0) is 35.7 Å². The van der Waals surface area contributed by atoms with Crippen LogP contribution in [0.2, 0.25) is 0 Å². The molecule has 5 aliphatic heterocycles. The molecule has 0 aliphatic carbocycles. The summed E-state index contributed by atoms with van der Waals surface area (Å²) >= 11 is 0. The van der Waals surface area contributed by atoms with Crippen molar-refractivity contribution >= 4 is 99.7 Å². The van der Waals surface area contributed by atoms with E-state index in [2.05, 4.69) is 64.8 Å². The quantitative estimate of drug-likeness (QED) is 0.0252. The topological polar surface area (TPSA) is 730 Å². The highest BCUT2D eigenvalue weighted by Crippen LogP contribution is 2.56. The molecule has 3 aromatic carbocycles. The molecule has 0 bridgehead atoms. The summed E-state index contributed by atoms with van der Waals surface area (Å²) in [7, 11) is -22.0. The van der Waals surface area contributed by atoms with Crippen LogP contribution < -0.4 is 65.9 Å². The summed E-state index contributed by atoms with van der Waals surface area (Å²) < 4.78 is 159. The Morgan fingerprint density at radius 2 is 0.727 bits per heavy atom. The number of aryl methyl sites for hydroxylation is 1. The number of nitrogens with two attached hydrogens (primary N) is 4. The third-order valence-corrected chi connectivity index (χ3v) is 25.2. The van der Waals surface area contributed by atoms with E-state index in [9.17, 15) is 71.7 Å². The van der Waals surface area contributed by atoms with Crippen LogP contribution in [0.15, 0.2) is 139 Å². The van der Waals surface area contributed by atoms with Crippen molar-refractivity contribution in [2.24, 2.45) is 0 Å². The number of anilines is 4. The minimum atomic E-state index is -5.62. The summed E-state index contributed by atoms with van der Waals surface area (Å²) in [4.78, 5) is 169. The van der Waals surface area contributed by atoms with Crippen LogP contribution in [-0.2, 0) is 103 Å². The van der Waals surface area contributed by atoms with Gasteiger partial charge in [0.1, 0.15) is 99.3 Å². The van der Waals surface area contributed by atoms with E-state index in [4.69, 9.17) is 97.0 Å². The number of ether oxygens (including phenoxy) is 8. The van der Waals surface area contributed by atoms with E-state index in [0.29, 0.717) is 17.1 Å². The van der Waals surface area contributed by atoms with Gasteiger partial charge in [0, 0.05) is 43.9 Å². The summed E-state index contributed by atoms with van der Waals surface area (Å²) in [5.74, 6) is -0.517. The molecule has 53 nitrogen and oxygen atoms in total. The lowest BCUT2D eigenvalue weighted by molar-refractivity contribution is -0.0711. The number of H-pyrrole nitrogens is 5. The summed E-state index contributed by atoms with van der Waals surface area (Å²) in [6.07, 6.45) is -18.2. The number of aromatic nitrogens is 18. The van der Waals surface area contributed by atoms with Crippen molar-refractivity contribution in [3.63, 3.8) is 0 Å². The van der Waals surface area contributed by atoms with E-state index < -0.39 is 203 Å².